The van der Waals surface area contributed by atoms with Gasteiger partial charge in [0.25, 0.3) is 5.56 Å². The number of benzene rings is 2. The molecule has 2 N–H and O–H groups in total. The van der Waals surface area contributed by atoms with Crippen molar-refractivity contribution >= 4 is 46.6 Å². The Morgan fingerprint density at radius 3 is 2.59 bits per heavy atom. The van der Waals surface area contributed by atoms with E-state index in [1.165, 1.54) is 0 Å². The van der Waals surface area contributed by atoms with Gasteiger partial charge in [-0.05, 0) is 25.1 Å². The lowest BCUT2D eigenvalue weighted by molar-refractivity contribution is -0.115. The molecule has 1 unspecified atom stereocenters. The van der Waals surface area contributed by atoms with Gasteiger partial charge in [0.2, 0.25) is 5.91 Å². The van der Waals surface area contributed by atoms with Crippen LogP contribution >= 0.6 is 35.0 Å². The Hall–Kier alpha value is -2.35. The molecule has 1 aromatic heterocycles. The van der Waals surface area contributed by atoms with Crippen LogP contribution in [-0.2, 0) is 4.79 Å². The molecule has 0 saturated heterocycles. The summed E-state index contributed by atoms with van der Waals surface area (Å²) < 4.78 is 0. The van der Waals surface area contributed by atoms with Gasteiger partial charge in [0.05, 0.1) is 16.0 Å². The number of aromatic amines is 1. The third kappa shape index (κ3) is 4.88. The van der Waals surface area contributed by atoms with Crippen molar-refractivity contribution in [1.82, 2.24) is 15.2 Å². The quantitative estimate of drug-likeness (QED) is 0.602. The Balaban J connectivity index is 1.71. The largest absolute Gasteiger partial charge is 0.324 e. The molecule has 3 aromatic rings. The summed E-state index contributed by atoms with van der Waals surface area (Å²) in [5.41, 5.74) is 0.941. The van der Waals surface area contributed by atoms with E-state index in [-0.39, 0.29) is 22.3 Å². The third-order valence-corrected chi connectivity index (χ3v) is 5.11. The van der Waals surface area contributed by atoms with Gasteiger partial charge in [0.1, 0.15) is 0 Å². The van der Waals surface area contributed by atoms with Crippen molar-refractivity contribution in [3.8, 4) is 11.3 Å². The van der Waals surface area contributed by atoms with Gasteiger partial charge in [-0.15, -0.1) is 10.2 Å². The zero-order valence-electron chi connectivity index (χ0n) is 14.1. The van der Waals surface area contributed by atoms with Gasteiger partial charge in [0, 0.05) is 10.6 Å². The van der Waals surface area contributed by atoms with Gasteiger partial charge >= 0.3 is 0 Å². The van der Waals surface area contributed by atoms with Gasteiger partial charge < -0.3 is 5.32 Å². The molecule has 0 saturated carbocycles. The van der Waals surface area contributed by atoms with Crippen LogP contribution in [0.2, 0.25) is 10.0 Å². The van der Waals surface area contributed by atoms with E-state index in [1.807, 2.05) is 18.2 Å². The Labute approximate surface area is 169 Å². The molecule has 0 aliphatic heterocycles. The van der Waals surface area contributed by atoms with E-state index in [0.717, 1.165) is 11.8 Å². The highest BCUT2D eigenvalue weighted by Gasteiger charge is 2.18. The van der Waals surface area contributed by atoms with E-state index in [4.69, 9.17) is 23.2 Å². The fourth-order valence-corrected chi connectivity index (χ4v) is 3.29. The van der Waals surface area contributed by atoms with Crippen LogP contribution in [0.5, 0.6) is 0 Å². The molecule has 1 amide bonds. The van der Waals surface area contributed by atoms with Gasteiger partial charge in [-0.25, -0.2) is 0 Å². The number of amides is 1. The number of rotatable bonds is 5. The molecule has 138 valence electrons. The molecule has 3 rings (SSSR count). The van der Waals surface area contributed by atoms with Crippen LogP contribution in [0, 0.1) is 0 Å². The summed E-state index contributed by atoms with van der Waals surface area (Å²) in [5.74, 6) is -0.307. The number of hydrogen-bond donors (Lipinski definition) is 2. The molecule has 0 bridgehead atoms. The predicted molar refractivity (Wildman–Crippen MR) is 108 cm³/mol. The summed E-state index contributed by atoms with van der Waals surface area (Å²) in [7, 11) is 0. The lowest BCUT2D eigenvalue weighted by Gasteiger charge is -2.12. The standard InChI is InChI=1S/C18H14Cl2N4O2S/c1-10(16(25)21-14-9-12(19)7-8-13(14)20)27-18-22-17(26)15(23-24-18)11-5-3-2-4-6-11/h2-10H,1H3,(H,21,25)(H,22,24,26). The first kappa shape index (κ1) is 19.4. The van der Waals surface area contributed by atoms with Crippen LogP contribution in [0.3, 0.4) is 0 Å². The Morgan fingerprint density at radius 1 is 1.15 bits per heavy atom. The summed E-state index contributed by atoms with van der Waals surface area (Å²) in [4.78, 5) is 27.3. The fourth-order valence-electron chi connectivity index (χ4n) is 2.21. The lowest BCUT2D eigenvalue weighted by atomic mass is 10.2. The van der Waals surface area contributed by atoms with Crippen LogP contribution in [0.1, 0.15) is 6.92 Å². The van der Waals surface area contributed by atoms with Gasteiger partial charge in [-0.2, -0.15) is 0 Å². The van der Waals surface area contributed by atoms with Crippen molar-refractivity contribution in [3.05, 3.63) is 68.9 Å². The average Bonchev–Trinajstić information content (AvgIpc) is 2.65. The van der Waals surface area contributed by atoms with Crippen molar-refractivity contribution in [3.63, 3.8) is 0 Å². The lowest BCUT2D eigenvalue weighted by Crippen LogP contribution is -2.24. The normalized spacial score (nSPS) is 11.8. The molecule has 0 spiro atoms. The molecule has 0 radical (unpaired) electrons. The first-order valence-electron chi connectivity index (χ1n) is 7.89. The van der Waals surface area contributed by atoms with Crippen LogP contribution < -0.4 is 10.9 Å². The first-order valence-corrected chi connectivity index (χ1v) is 9.52. The number of anilines is 1. The molecule has 9 heteroatoms. The van der Waals surface area contributed by atoms with E-state index in [9.17, 15) is 9.59 Å². The number of nitrogens with one attached hydrogen (secondary N) is 2. The first-order chi connectivity index (χ1) is 12.9. The fraction of sp³-hybridized carbons (Fsp3) is 0.111. The maximum atomic E-state index is 12.4. The van der Waals surface area contributed by atoms with Crippen LogP contribution in [0.15, 0.2) is 58.5 Å². The number of halogens is 2. The van der Waals surface area contributed by atoms with Crippen LogP contribution in [0.4, 0.5) is 5.69 Å². The summed E-state index contributed by atoms with van der Waals surface area (Å²) in [5, 5.41) is 11.2. The Kier molecular flexibility index (Phi) is 6.15. The van der Waals surface area contributed by atoms with Crippen molar-refractivity contribution in [2.45, 2.75) is 17.3 Å². The minimum Gasteiger partial charge on any atom is -0.324 e. The molecular weight excluding hydrogens is 407 g/mol. The smallest absolute Gasteiger partial charge is 0.278 e. The number of nitrogens with zero attached hydrogens (tertiary/aromatic N) is 2. The second-order valence-electron chi connectivity index (χ2n) is 5.55. The number of carbonyl (C=O) groups excluding carboxylic acids is 1. The third-order valence-electron chi connectivity index (χ3n) is 3.57. The predicted octanol–water partition coefficient (Wildman–Crippen LogP) is 4.26. The second-order valence-corrected chi connectivity index (χ2v) is 7.72. The number of hydrogen-bond acceptors (Lipinski definition) is 5. The van der Waals surface area contributed by atoms with E-state index < -0.39 is 5.25 Å². The highest BCUT2D eigenvalue weighted by Crippen LogP contribution is 2.27. The maximum Gasteiger partial charge on any atom is 0.278 e. The molecule has 1 atom stereocenters. The number of carbonyl (C=O) groups is 1. The minimum absolute atomic E-state index is 0.225. The molecule has 0 fully saturated rings. The van der Waals surface area contributed by atoms with E-state index in [2.05, 4.69) is 20.5 Å². The Bertz CT molecular complexity index is 1030. The monoisotopic (exact) mass is 420 g/mol. The van der Waals surface area contributed by atoms with Crippen LogP contribution in [-0.4, -0.2) is 26.3 Å². The van der Waals surface area contributed by atoms with E-state index in [1.54, 1.807) is 37.3 Å². The van der Waals surface area contributed by atoms with Crippen molar-refractivity contribution in [2.75, 3.05) is 5.32 Å². The summed E-state index contributed by atoms with van der Waals surface area (Å²) in [6.45, 7) is 1.68. The zero-order valence-corrected chi connectivity index (χ0v) is 16.4. The average molecular weight is 421 g/mol. The minimum atomic E-state index is -0.549. The molecule has 27 heavy (non-hydrogen) atoms. The molecule has 0 aliphatic rings. The second kappa shape index (κ2) is 8.56. The van der Waals surface area contributed by atoms with Gasteiger partial charge in [0.15, 0.2) is 10.9 Å². The van der Waals surface area contributed by atoms with E-state index in [0.29, 0.717) is 21.3 Å². The molecule has 6 nitrogen and oxygen atoms in total. The van der Waals surface area contributed by atoms with Crippen LogP contribution in [0.25, 0.3) is 11.3 Å². The highest BCUT2D eigenvalue weighted by molar-refractivity contribution is 8.00. The summed E-state index contributed by atoms with van der Waals surface area (Å²) >= 11 is 13.1. The number of aromatic nitrogens is 3. The molecular formula is C18H14Cl2N4O2S. The van der Waals surface area contributed by atoms with E-state index >= 15 is 0 Å². The molecule has 0 aliphatic carbocycles. The number of thioether (sulfide) groups is 1. The summed E-state index contributed by atoms with van der Waals surface area (Å²) in [6.07, 6.45) is 0. The van der Waals surface area contributed by atoms with Crippen molar-refractivity contribution in [1.29, 1.82) is 0 Å². The maximum absolute atomic E-state index is 12.4. The Morgan fingerprint density at radius 2 is 1.89 bits per heavy atom. The summed E-state index contributed by atoms with van der Waals surface area (Å²) in [6, 6.07) is 13.8. The molecule has 1 heterocycles. The van der Waals surface area contributed by atoms with Crippen molar-refractivity contribution in [2.24, 2.45) is 0 Å². The van der Waals surface area contributed by atoms with Gasteiger partial charge in [-0.3, -0.25) is 14.6 Å². The number of H-pyrrole nitrogens is 1. The topological polar surface area (TPSA) is 87.7 Å². The molecule has 2 aromatic carbocycles. The zero-order chi connectivity index (χ0) is 19.4. The van der Waals surface area contributed by atoms with Gasteiger partial charge in [-0.1, -0.05) is 65.3 Å². The van der Waals surface area contributed by atoms with Crippen molar-refractivity contribution < 1.29 is 4.79 Å². The highest BCUT2D eigenvalue weighted by atomic mass is 35.5. The SMILES string of the molecule is CC(Sc1nnc(-c2ccccc2)c(=O)[nH]1)C(=O)Nc1cc(Cl)ccc1Cl.